The zero-order valence-corrected chi connectivity index (χ0v) is 9.04. The van der Waals surface area contributed by atoms with Crippen LogP contribution in [0.15, 0.2) is 0 Å². The van der Waals surface area contributed by atoms with Crippen LogP contribution in [0.4, 0.5) is 0 Å². The Balaban J connectivity index is 2.02. The molecule has 0 aliphatic heterocycles. The summed E-state index contributed by atoms with van der Waals surface area (Å²) < 4.78 is 0. The van der Waals surface area contributed by atoms with Crippen LogP contribution in [0, 0.1) is 11.3 Å². The van der Waals surface area contributed by atoms with Gasteiger partial charge in [-0.1, -0.05) is 25.7 Å². The van der Waals surface area contributed by atoms with Gasteiger partial charge in [-0.25, -0.2) is 0 Å². The number of aliphatic hydroxyl groups is 1. The summed E-state index contributed by atoms with van der Waals surface area (Å²) in [7, 11) is 0. The lowest BCUT2D eigenvalue weighted by molar-refractivity contribution is -0.00945. The van der Waals surface area contributed by atoms with E-state index < -0.39 is 0 Å². The highest BCUT2D eigenvalue weighted by molar-refractivity contribution is 4.95. The van der Waals surface area contributed by atoms with Gasteiger partial charge in [0.25, 0.3) is 0 Å². The van der Waals surface area contributed by atoms with Crippen molar-refractivity contribution < 1.29 is 5.11 Å². The minimum Gasteiger partial charge on any atom is -0.392 e. The maximum Gasteiger partial charge on any atom is 0.0636 e. The van der Waals surface area contributed by atoms with Gasteiger partial charge in [0, 0.05) is 12.0 Å². The molecule has 14 heavy (non-hydrogen) atoms. The minimum absolute atomic E-state index is 0.0923. The Labute approximate surface area is 86.9 Å². The summed E-state index contributed by atoms with van der Waals surface area (Å²) in [6.45, 7) is 0.685. The standard InChI is InChI=1S/C12H23NO/c13-9-12(7-3-4-8-12)11(14)10-5-1-2-6-10/h10-11,14H,1-9,13H2. The fraction of sp³-hybridized carbons (Fsp3) is 1.00. The molecule has 2 aliphatic rings. The van der Waals surface area contributed by atoms with Crippen LogP contribution >= 0.6 is 0 Å². The molecule has 0 amide bonds. The summed E-state index contributed by atoms with van der Waals surface area (Å²) in [6, 6.07) is 0. The zero-order valence-electron chi connectivity index (χ0n) is 9.04. The van der Waals surface area contributed by atoms with Crippen molar-refractivity contribution in [2.45, 2.75) is 57.5 Å². The van der Waals surface area contributed by atoms with E-state index >= 15 is 0 Å². The second-order valence-electron chi connectivity index (χ2n) is 5.26. The van der Waals surface area contributed by atoms with Gasteiger partial charge < -0.3 is 10.8 Å². The van der Waals surface area contributed by atoms with Crippen molar-refractivity contribution in [1.29, 1.82) is 0 Å². The van der Waals surface area contributed by atoms with Crippen molar-refractivity contribution in [2.75, 3.05) is 6.54 Å². The van der Waals surface area contributed by atoms with E-state index in [1.165, 1.54) is 38.5 Å². The second-order valence-corrected chi connectivity index (χ2v) is 5.26. The van der Waals surface area contributed by atoms with E-state index in [-0.39, 0.29) is 11.5 Å². The van der Waals surface area contributed by atoms with Crippen molar-refractivity contribution in [1.82, 2.24) is 0 Å². The summed E-state index contributed by atoms with van der Waals surface area (Å²) in [5.74, 6) is 0.552. The number of aliphatic hydroxyl groups excluding tert-OH is 1. The highest BCUT2D eigenvalue weighted by Gasteiger charge is 2.43. The Kier molecular flexibility index (Phi) is 3.13. The second kappa shape index (κ2) is 4.19. The molecule has 0 heterocycles. The highest BCUT2D eigenvalue weighted by Crippen LogP contribution is 2.45. The SMILES string of the molecule is NCC1(C(O)C2CCCC2)CCCC1. The third-order valence-electron chi connectivity index (χ3n) is 4.48. The molecule has 2 heteroatoms. The summed E-state index contributed by atoms with van der Waals surface area (Å²) >= 11 is 0. The number of rotatable bonds is 3. The molecule has 2 fully saturated rings. The molecule has 2 aliphatic carbocycles. The van der Waals surface area contributed by atoms with Gasteiger partial charge in [0.05, 0.1) is 6.10 Å². The van der Waals surface area contributed by atoms with Gasteiger partial charge in [0.2, 0.25) is 0 Å². The van der Waals surface area contributed by atoms with Gasteiger partial charge in [-0.2, -0.15) is 0 Å². The van der Waals surface area contributed by atoms with Crippen LogP contribution in [0.1, 0.15) is 51.4 Å². The molecule has 2 saturated carbocycles. The quantitative estimate of drug-likeness (QED) is 0.727. The average molecular weight is 197 g/mol. The fourth-order valence-electron chi connectivity index (χ4n) is 3.47. The largest absolute Gasteiger partial charge is 0.392 e. The molecule has 0 aromatic carbocycles. The Morgan fingerprint density at radius 3 is 2.21 bits per heavy atom. The summed E-state index contributed by atoms with van der Waals surface area (Å²) in [5, 5.41) is 10.4. The van der Waals surface area contributed by atoms with Crippen LogP contribution in [0.25, 0.3) is 0 Å². The summed E-state index contributed by atoms with van der Waals surface area (Å²) in [6.07, 6.45) is 9.79. The predicted molar refractivity (Wildman–Crippen MR) is 57.9 cm³/mol. The van der Waals surface area contributed by atoms with Gasteiger partial charge in [-0.05, 0) is 31.6 Å². The first-order valence-corrected chi connectivity index (χ1v) is 6.17. The maximum atomic E-state index is 10.4. The molecule has 0 saturated heterocycles. The lowest BCUT2D eigenvalue weighted by Crippen LogP contribution is -2.43. The van der Waals surface area contributed by atoms with Gasteiger partial charge in [-0.15, -0.1) is 0 Å². The number of hydrogen-bond donors (Lipinski definition) is 2. The molecule has 0 radical (unpaired) electrons. The smallest absolute Gasteiger partial charge is 0.0636 e. The number of nitrogens with two attached hydrogens (primary N) is 1. The topological polar surface area (TPSA) is 46.2 Å². The Bertz CT molecular complexity index is 181. The van der Waals surface area contributed by atoms with Crippen LogP contribution in [0.2, 0.25) is 0 Å². The molecule has 1 atom stereocenters. The van der Waals surface area contributed by atoms with Crippen LogP contribution < -0.4 is 5.73 Å². The van der Waals surface area contributed by atoms with Gasteiger partial charge in [-0.3, -0.25) is 0 Å². The van der Waals surface area contributed by atoms with Crippen LogP contribution in [0.5, 0.6) is 0 Å². The zero-order chi connectivity index (χ0) is 10.0. The van der Waals surface area contributed by atoms with Crippen LogP contribution in [0.3, 0.4) is 0 Å². The Morgan fingerprint density at radius 2 is 1.71 bits per heavy atom. The van der Waals surface area contributed by atoms with Crippen LogP contribution in [-0.4, -0.2) is 17.8 Å². The molecule has 0 bridgehead atoms. The van der Waals surface area contributed by atoms with Gasteiger partial charge >= 0.3 is 0 Å². The molecular weight excluding hydrogens is 174 g/mol. The third-order valence-corrected chi connectivity index (χ3v) is 4.48. The van der Waals surface area contributed by atoms with E-state index in [4.69, 9.17) is 5.73 Å². The van der Waals surface area contributed by atoms with Gasteiger partial charge in [0.1, 0.15) is 0 Å². The summed E-state index contributed by atoms with van der Waals surface area (Å²) in [5.41, 5.74) is 5.97. The van der Waals surface area contributed by atoms with Crippen molar-refractivity contribution in [3.8, 4) is 0 Å². The third kappa shape index (κ3) is 1.70. The lowest BCUT2D eigenvalue weighted by Gasteiger charge is -2.36. The van der Waals surface area contributed by atoms with Crippen molar-refractivity contribution in [3.05, 3.63) is 0 Å². The highest BCUT2D eigenvalue weighted by atomic mass is 16.3. The van der Waals surface area contributed by atoms with E-state index in [2.05, 4.69) is 0 Å². The molecule has 2 nitrogen and oxygen atoms in total. The molecule has 0 aromatic rings. The van der Waals surface area contributed by atoms with E-state index in [1.807, 2.05) is 0 Å². The first-order chi connectivity index (χ1) is 6.78. The molecule has 1 unspecified atom stereocenters. The average Bonchev–Trinajstić information content (AvgIpc) is 2.89. The Hall–Kier alpha value is -0.0800. The first kappa shape index (κ1) is 10.4. The van der Waals surface area contributed by atoms with E-state index in [9.17, 15) is 5.11 Å². The van der Waals surface area contributed by atoms with Gasteiger partial charge in [0.15, 0.2) is 0 Å². The molecule has 2 rings (SSSR count). The predicted octanol–water partition coefficient (Wildman–Crippen LogP) is 2.06. The fourth-order valence-corrected chi connectivity index (χ4v) is 3.47. The molecule has 0 spiro atoms. The van der Waals surface area contributed by atoms with E-state index in [1.54, 1.807) is 0 Å². The Morgan fingerprint density at radius 1 is 1.14 bits per heavy atom. The summed E-state index contributed by atoms with van der Waals surface area (Å²) in [4.78, 5) is 0. The van der Waals surface area contributed by atoms with E-state index in [0.29, 0.717) is 12.5 Å². The molecule has 82 valence electrons. The molecular formula is C12H23NO. The van der Waals surface area contributed by atoms with Crippen molar-refractivity contribution in [2.24, 2.45) is 17.1 Å². The first-order valence-electron chi connectivity index (χ1n) is 6.17. The molecule has 3 N–H and O–H groups in total. The van der Waals surface area contributed by atoms with E-state index in [0.717, 1.165) is 12.8 Å². The van der Waals surface area contributed by atoms with Crippen LogP contribution in [-0.2, 0) is 0 Å². The maximum absolute atomic E-state index is 10.4. The monoisotopic (exact) mass is 197 g/mol. The normalized spacial score (nSPS) is 29.6. The minimum atomic E-state index is -0.113. The lowest BCUT2D eigenvalue weighted by atomic mass is 9.74. The van der Waals surface area contributed by atoms with Crippen molar-refractivity contribution >= 4 is 0 Å². The molecule has 0 aromatic heterocycles. The van der Waals surface area contributed by atoms with Crippen molar-refractivity contribution in [3.63, 3.8) is 0 Å². The number of hydrogen-bond acceptors (Lipinski definition) is 2.